The molecule has 1 heterocycles. The van der Waals surface area contributed by atoms with Crippen LogP contribution in [0.25, 0.3) is 6.08 Å². The predicted molar refractivity (Wildman–Crippen MR) is 101 cm³/mol. The van der Waals surface area contributed by atoms with Crippen LogP contribution in [0.4, 0.5) is 8.78 Å². The normalized spacial score (nSPS) is 14.1. The van der Waals surface area contributed by atoms with E-state index < -0.39 is 6.43 Å². The number of carbonyl (C=O) groups excluding carboxylic acids is 1. The fourth-order valence-corrected chi connectivity index (χ4v) is 3.47. The second-order valence-electron chi connectivity index (χ2n) is 6.39. The molecule has 0 atom stereocenters. The van der Waals surface area contributed by atoms with Gasteiger partial charge in [-0.05, 0) is 49.6 Å². The Morgan fingerprint density at radius 1 is 1.33 bits per heavy atom. The average molecular weight is 390 g/mol. The molecule has 1 saturated carbocycles. The summed E-state index contributed by atoms with van der Waals surface area (Å²) in [7, 11) is 1.58. The van der Waals surface area contributed by atoms with Gasteiger partial charge in [0.15, 0.2) is 10.9 Å². The number of methoxy groups -OCH3 is 1. The van der Waals surface area contributed by atoms with Gasteiger partial charge in [0.2, 0.25) is 0 Å². The molecule has 0 amide bonds. The summed E-state index contributed by atoms with van der Waals surface area (Å²) in [5.41, 5.74) is 2.00. The zero-order valence-corrected chi connectivity index (χ0v) is 15.9. The zero-order chi connectivity index (χ0) is 19.4. The third-order valence-corrected chi connectivity index (χ3v) is 5.05. The second-order valence-corrected chi connectivity index (χ2v) is 7.33. The van der Waals surface area contributed by atoms with Crippen LogP contribution in [-0.2, 0) is 10.5 Å². The van der Waals surface area contributed by atoms with Crippen molar-refractivity contribution in [1.82, 2.24) is 9.97 Å². The fourth-order valence-electron chi connectivity index (χ4n) is 2.58. The molecule has 0 N–H and O–H groups in total. The van der Waals surface area contributed by atoms with Crippen LogP contribution in [0.3, 0.4) is 0 Å². The Bertz CT molecular complexity index is 867. The molecule has 142 valence electrons. The van der Waals surface area contributed by atoms with E-state index in [0.29, 0.717) is 22.4 Å². The molecule has 4 nitrogen and oxygen atoms in total. The van der Waals surface area contributed by atoms with Gasteiger partial charge in [0.25, 0.3) is 6.43 Å². The van der Waals surface area contributed by atoms with Gasteiger partial charge in [-0.15, -0.1) is 0 Å². The monoisotopic (exact) mass is 390 g/mol. The van der Waals surface area contributed by atoms with Crippen molar-refractivity contribution in [2.45, 2.75) is 37.1 Å². The van der Waals surface area contributed by atoms with Gasteiger partial charge in [-0.1, -0.05) is 23.9 Å². The zero-order valence-electron chi connectivity index (χ0n) is 15.1. The highest BCUT2D eigenvalue weighted by Gasteiger charge is 2.27. The van der Waals surface area contributed by atoms with E-state index in [2.05, 4.69) is 9.97 Å². The number of aryl methyl sites for hydroxylation is 1. The van der Waals surface area contributed by atoms with Crippen LogP contribution >= 0.6 is 11.8 Å². The number of benzene rings is 1. The van der Waals surface area contributed by atoms with Crippen molar-refractivity contribution < 1.29 is 18.3 Å². The molecular formula is C20H20F2N2O2S. The highest BCUT2D eigenvalue weighted by Crippen LogP contribution is 2.31. The van der Waals surface area contributed by atoms with Crippen molar-refractivity contribution in [3.8, 4) is 5.75 Å². The van der Waals surface area contributed by atoms with Crippen molar-refractivity contribution in [3.63, 3.8) is 0 Å². The third kappa shape index (κ3) is 5.35. The lowest BCUT2D eigenvalue weighted by molar-refractivity contribution is -0.115. The first-order valence-corrected chi connectivity index (χ1v) is 9.60. The molecule has 1 fully saturated rings. The maximum Gasteiger partial charge on any atom is 0.280 e. The maximum atomic E-state index is 12.9. The van der Waals surface area contributed by atoms with E-state index in [4.69, 9.17) is 4.74 Å². The number of alkyl halides is 2. The van der Waals surface area contributed by atoms with E-state index in [1.807, 2.05) is 18.2 Å². The predicted octanol–water partition coefficient (Wildman–Crippen LogP) is 5.02. The standard InChI is InChI=1S/C20H20F2N2O2S/c1-12-9-16(19(21)22)24-20(23-12)27-11-15-10-13(4-8-18(15)26-2)3-7-17(25)14-5-6-14/h3-4,7-10,14,19H,5-6,11H2,1-2H3/b7-3+. The van der Waals surface area contributed by atoms with Gasteiger partial charge in [0, 0.05) is 22.9 Å². The lowest BCUT2D eigenvalue weighted by Gasteiger charge is -2.10. The van der Waals surface area contributed by atoms with Gasteiger partial charge in [-0.25, -0.2) is 18.7 Å². The number of aromatic nitrogens is 2. The van der Waals surface area contributed by atoms with Crippen molar-refractivity contribution in [1.29, 1.82) is 0 Å². The Balaban J connectivity index is 1.75. The number of thioether (sulfide) groups is 1. The van der Waals surface area contributed by atoms with Crippen LogP contribution < -0.4 is 4.74 Å². The maximum absolute atomic E-state index is 12.9. The van der Waals surface area contributed by atoms with Crippen LogP contribution in [-0.4, -0.2) is 22.9 Å². The molecule has 3 rings (SSSR count). The van der Waals surface area contributed by atoms with E-state index in [0.717, 1.165) is 24.0 Å². The minimum Gasteiger partial charge on any atom is -0.496 e. The number of ether oxygens (including phenoxy) is 1. The number of ketones is 1. The van der Waals surface area contributed by atoms with Crippen LogP contribution in [0.1, 0.15) is 41.8 Å². The summed E-state index contributed by atoms with van der Waals surface area (Å²) >= 11 is 1.27. The first-order valence-electron chi connectivity index (χ1n) is 8.61. The Kier molecular flexibility index (Phi) is 6.21. The van der Waals surface area contributed by atoms with E-state index >= 15 is 0 Å². The van der Waals surface area contributed by atoms with Gasteiger partial charge >= 0.3 is 0 Å². The number of hydrogen-bond donors (Lipinski definition) is 0. The lowest BCUT2D eigenvalue weighted by atomic mass is 10.1. The van der Waals surface area contributed by atoms with Crippen LogP contribution in [0, 0.1) is 12.8 Å². The lowest BCUT2D eigenvalue weighted by Crippen LogP contribution is -1.98. The Labute approximate surface area is 161 Å². The van der Waals surface area contributed by atoms with Gasteiger partial charge < -0.3 is 4.74 Å². The van der Waals surface area contributed by atoms with Crippen LogP contribution in [0.5, 0.6) is 5.75 Å². The van der Waals surface area contributed by atoms with Crippen molar-refractivity contribution in [2.75, 3.05) is 7.11 Å². The topological polar surface area (TPSA) is 52.1 Å². The minimum atomic E-state index is -2.63. The molecule has 1 aliphatic rings. The molecule has 0 saturated heterocycles. The molecule has 0 radical (unpaired) electrons. The Hall–Kier alpha value is -2.28. The van der Waals surface area contributed by atoms with E-state index in [9.17, 15) is 13.6 Å². The molecule has 1 aromatic heterocycles. The molecule has 7 heteroatoms. The number of rotatable bonds is 8. The van der Waals surface area contributed by atoms with Crippen LogP contribution in [0.2, 0.25) is 0 Å². The van der Waals surface area contributed by atoms with Gasteiger partial charge in [-0.3, -0.25) is 4.79 Å². The summed E-state index contributed by atoms with van der Waals surface area (Å²) in [5, 5.41) is 0.303. The number of carbonyl (C=O) groups is 1. The summed E-state index contributed by atoms with van der Waals surface area (Å²) in [6, 6.07) is 6.92. The van der Waals surface area contributed by atoms with Crippen molar-refractivity contribution in [3.05, 3.63) is 52.9 Å². The van der Waals surface area contributed by atoms with Gasteiger partial charge in [0.05, 0.1) is 7.11 Å². The Morgan fingerprint density at radius 2 is 2.11 bits per heavy atom. The summed E-state index contributed by atoms with van der Waals surface area (Å²) in [6.45, 7) is 1.67. The van der Waals surface area contributed by atoms with E-state index in [1.54, 1.807) is 26.2 Å². The summed E-state index contributed by atoms with van der Waals surface area (Å²) < 4.78 is 31.2. The minimum absolute atomic E-state index is 0.162. The molecule has 0 bridgehead atoms. The molecule has 1 aromatic carbocycles. The molecule has 27 heavy (non-hydrogen) atoms. The van der Waals surface area contributed by atoms with Gasteiger partial charge in [-0.2, -0.15) is 0 Å². The number of allylic oxidation sites excluding steroid dienone is 1. The van der Waals surface area contributed by atoms with E-state index in [-0.39, 0.29) is 17.4 Å². The smallest absolute Gasteiger partial charge is 0.280 e. The summed E-state index contributed by atoms with van der Waals surface area (Å²) in [4.78, 5) is 20.0. The third-order valence-electron chi connectivity index (χ3n) is 4.16. The SMILES string of the molecule is COc1ccc(/C=C/C(=O)C2CC2)cc1CSc1nc(C)cc(C(F)F)n1. The largest absolute Gasteiger partial charge is 0.496 e. The quantitative estimate of drug-likeness (QED) is 0.360. The second kappa shape index (κ2) is 8.61. The molecular weight excluding hydrogens is 370 g/mol. The van der Waals surface area contributed by atoms with E-state index in [1.165, 1.54) is 17.8 Å². The molecule has 0 aliphatic heterocycles. The number of nitrogens with zero attached hydrogens (tertiary/aromatic N) is 2. The highest BCUT2D eigenvalue weighted by molar-refractivity contribution is 7.98. The molecule has 1 aliphatic carbocycles. The fraction of sp³-hybridized carbons (Fsp3) is 0.350. The molecule has 0 spiro atoms. The summed E-state index contributed by atoms with van der Waals surface area (Å²) in [5.74, 6) is 1.51. The average Bonchev–Trinajstić information content (AvgIpc) is 3.49. The number of hydrogen-bond acceptors (Lipinski definition) is 5. The number of halogens is 2. The first kappa shape index (κ1) is 19.5. The summed E-state index contributed by atoms with van der Waals surface area (Å²) in [6.07, 6.45) is 2.75. The Morgan fingerprint density at radius 3 is 2.78 bits per heavy atom. The molecule has 2 aromatic rings. The highest BCUT2D eigenvalue weighted by atomic mass is 32.2. The van der Waals surface area contributed by atoms with Crippen molar-refractivity contribution >= 4 is 23.6 Å². The van der Waals surface area contributed by atoms with Gasteiger partial charge in [0.1, 0.15) is 11.4 Å². The van der Waals surface area contributed by atoms with Crippen molar-refractivity contribution in [2.24, 2.45) is 5.92 Å². The van der Waals surface area contributed by atoms with Crippen LogP contribution in [0.15, 0.2) is 35.5 Å². The molecule has 0 unspecified atom stereocenters. The first-order chi connectivity index (χ1) is 13.0.